The Balaban J connectivity index is 1.14. The standard InChI is InChI=1S/C58H40N2OS/c1-5-20-42(21-6-1)59(43-22-7-2-8-23-43)44-34-37-57-53(38-44)52-36-33-46(40-58(52)62(57,47-24-9-3-10-25-47)48-26-11-4-12-27-48)60(54-30-17-19-41-18-13-14-28-49(41)54)45-32-35-51-50-29-15-16-31-55(50)61-56(51)39-45/h1-40H. The van der Waals surface area contributed by atoms with E-state index in [9.17, 15) is 0 Å². The molecule has 62 heavy (non-hydrogen) atoms. The van der Waals surface area contributed by atoms with E-state index in [1.54, 1.807) is 0 Å². The van der Waals surface area contributed by atoms with Crippen LogP contribution in [-0.2, 0) is 0 Å². The Morgan fingerprint density at radius 1 is 0.306 bits per heavy atom. The van der Waals surface area contributed by atoms with Crippen LogP contribution in [0, 0.1) is 0 Å². The van der Waals surface area contributed by atoms with Gasteiger partial charge in [0, 0.05) is 70.2 Å². The highest BCUT2D eigenvalue weighted by molar-refractivity contribution is 8.34. The van der Waals surface area contributed by atoms with Crippen LogP contribution in [-0.4, -0.2) is 0 Å². The van der Waals surface area contributed by atoms with E-state index in [1.807, 2.05) is 6.07 Å². The van der Waals surface area contributed by atoms with Crippen LogP contribution in [0.3, 0.4) is 0 Å². The van der Waals surface area contributed by atoms with Crippen LogP contribution in [0.5, 0.6) is 0 Å². The molecular formula is C58H40N2OS. The van der Waals surface area contributed by atoms with E-state index in [-0.39, 0.29) is 0 Å². The third kappa shape index (κ3) is 5.68. The summed E-state index contributed by atoms with van der Waals surface area (Å²) in [5.74, 6) is 0. The van der Waals surface area contributed by atoms with Gasteiger partial charge in [0.2, 0.25) is 0 Å². The number of fused-ring (bicyclic) bond motifs is 7. The molecule has 1 aliphatic rings. The lowest BCUT2D eigenvalue weighted by Crippen LogP contribution is -2.11. The Kier molecular flexibility index (Phi) is 8.58. The lowest BCUT2D eigenvalue weighted by Gasteiger charge is -2.40. The zero-order valence-electron chi connectivity index (χ0n) is 33.8. The van der Waals surface area contributed by atoms with Gasteiger partial charge in [-0.3, -0.25) is 0 Å². The van der Waals surface area contributed by atoms with E-state index in [2.05, 4.69) is 246 Å². The molecule has 0 saturated carbocycles. The van der Waals surface area contributed by atoms with Gasteiger partial charge in [-0.2, -0.15) is 0 Å². The summed E-state index contributed by atoms with van der Waals surface area (Å²) in [6.45, 7) is 0. The Hall–Kier alpha value is -7.79. The zero-order chi connectivity index (χ0) is 41.0. The van der Waals surface area contributed by atoms with Gasteiger partial charge in [-0.1, -0.05) is 133 Å². The summed E-state index contributed by atoms with van der Waals surface area (Å²) in [4.78, 5) is 10.1. The lowest BCUT2D eigenvalue weighted by molar-refractivity contribution is 0.669. The fraction of sp³-hybridized carbons (Fsp3) is 0. The largest absolute Gasteiger partial charge is 0.456 e. The highest BCUT2D eigenvalue weighted by Gasteiger charge is 2.43. The minimum atomic E-state index is -1.99. The Morgan fingerprint density at radius 2 is 0.839 bits per heavy atom. The molecule has 1 aromatic heterocycles. The second kappa shape index (κ2) is 14.7. The number of hydrogen-bond donors (Lipinski definition) is 0. The van der Waals surface area contributed by atoms with Crippen LogP contribution in [0.25, 0.3) is 43.8 Å². The minimum Gasteiger partial charge on any atom is -0.456 e. The molecule has 0 unspecified atom stereocenters. The Labute approximate surface area is 362 Å². The lowest BCUT2D eigenvalue weighted by atomic mass is 10.0. The normalized spacial score (nSPS) is 13.2. The molecule has 4 heteroatoms. The summed E-state index contributed by atoms with van der Waals surface area (Å²) >= 11 is 0. The molecule has 0 saturated heterocycles. The molecule has 0 fully saturated rings. The molecule has 0 aliphatic carbocycles. The van der Waals surface area contributed by atoms with E-state index in [0.29, 0.717) is 0 Å². The fourth-order valence-electron chi connectivity index (χ4n) is 9.56. The smallest absolute Gasteiger partial charge is 0.137 e. The van der Waals surface area contributed by atoms with Gasteiger partial charge < -0.3 is 14.2 Å². The molecule has 3 nitrogen and oxygen atoms in total. The molecule has 0 spiro atoms. The van der Waals surface area contributed by atoms with Crippen molar-refractivity contribution in [2.75, 3.05) is 9.80 Å². The molecule has 0 N–H and O–H groups in total. The highest BCUT2D eigenvalue weighted by atomic mass is 32.3. The topological polar surface area (TPSA) is 19.6 Å². The summed E-state index contributed by atoms with van der Waals surface area (Å²) in [7, 11) is -1.99. The molecule has 11 aromatic rings. The molecule has 2 heterocycles. The summed E-state index contributed by atoms with van der Waals surface area (Å²) < 4.78 is 6.54. The van der Waals surface area contributed by atoms with E-state index in [4.69, 9.17) is 4.42 Å². The maximum absolute atomic E-state index is 6.54. The fourth-order valence-corrected chi connectivity index (χ4v) is 13.8. The molecule has 0 atom stereocenters. The van der Waals surface area contributed by atoms with Crippen molar-refractivity contribution in [1.29, 1.82) is 0 Å². The maximum atomic E-state index is 6.54. The van der Waals surface area contributed by atoms with E-state index < -0.39 is 10.0 Å². The van der Waals surface area contributed by atoms with Crippen LogP contribution in [0.2, 0.25) is 0 Å². The zero-order valence-corrected chi connectivity index (χ0v) is 34.6. The SMILES string of the molecule is c1ccc(N(c2ccccc2)c2ccc3c(c2)-c2ccc(N(c4ccc5c(c4)oc4ccccc45)c4cccc5ccccc45)cc2S3(c2ccccc2)c2ccccc2)cc1. The van der Waals surface area contributed by atoms with Gasteiger partial charge in [-0.25, -0.2) is 0 Å². The first-order valence-corrected chi connectivity index (χ1v) is 22.7. The maximum Gasteiger partial charge on any atom is 0.137 e. The van der Waals surface area contributed by atoms with Gasteiger partial charge in [-0.05, 0) is 120 Å². The minimum absolute atomic E-state index is 0.866. The van der Waals surface area contributed by atoms with Gasteiger partial charge >= 0.3 is 0 Å². The van der Waals surface area contributed by atoms with Crippen LogP contribution in [0.1, 0.15) is 0 Å². The van der Waals surface area contributed by atoms with Crippen LogP contribution in [0.4, 0.5) is 34.1 Å². The number of para-hydroxylation sites is 3. The van der Waals surface area contributed by atoms with Crippen LogP contribution < -0.4 is 9.80 Å². The summed E-state index contributed by atoms with van der Waals surface area (Å²) in [5.41, 5.74) is 10.8. The molecule has 0 radical (unpaired) electrons. The van der Waals surface area contributed by atoms with Crippen LogP contribution >= 0.6 is 10.0 Å². The molecular weight excluding hydrogens is 773 g/mol. The number of anilines is 6. The van der Waals surface area contributed by atoms with Crippen molar-refractivity contribution < 1.29 is 4.42 Å². The number of hydrogen-bond acceptors (Lipinski definition) is 3. The third-order valence-electron chi connectivity index (χ3n) is 12.2. The molecule has 12 rings (SSSR count). The van der Waals surface area contributed by atoms with Crippen molar-refractivity contribution in [3.63, 3.8) is 0 Å². The number of furan rings is 1. The first-order valence-electron chi connectivity index (χ1n) is 21.1. The van der Waals surface area contributed by atoms with E-state index in [0.717, 1.165) is 56.1 Å². The Bertz CT molecular complexity index is 3340. The average molecular weight is 813 g/mol. The van der Waals surface area contributed by atoms with E-state index in [1.165, 1.54) is 41.5 Å². The molecule has 0 bridgehead atoms. The van der Waals surface area contributed by atoms with Crippen molar-refractivity contribution in [2.24, 2.45) is 0 Å². The van der Waals surface area contributed by atoms with Crippen molar-refractivity contribution >= 4 is 76.9 Å². The number of rotatable bonds is 8. The van der Waals surface area contributed by atoms with Gasteiger partial charge in [0.05, 0.1) is 5.69 Å². The summed E-state index contributed by atoms with van der Waals surface area (Å²) in [5, 5.41) is 4.60. The third-order valence-corrected chi connectivity index (χ3v) is 16.2. The summed E-state index contributed by atoms with van der Waals surface area (Å²) in [6.07, 6.45) is 0. The molecule has 10 aromatic carbocycles. The molecule has 294 valence electrons. The first kappa shape index (κ1) is 36.1. The predicted molar refractivity (Wildman–Crippen MR) is 260 cm³/mol. The summed E-state index contributed by atoms with van der Waals surface area (Å²) in [6, 6.07) is 88.4. The van der Waals surface area contributed by atoms with E-state index >= 15 is 0 Å². The predicted octanol–water partition coefficient (Wildman–Crippen LogP) is 17.0. The monoisotopic (exact) mass is 812 g/mol. The molecule has 1 aliphatic heterocycles. The molecule has 0 amide bonds. The van der Waals surface area contributed by atoms with Crippen molar-refractivity contribution in [1.82, 2.24) is 0 Å². The van der Waals surface area contributed by atoms with Gasteiger partial charge in [-0.15, -0.1) is 10.0 Å². The van der Waals surface area contributed by atoms with Crippen molar-refractivity contribution in [3.05, 3.63) is 243 Å². The Morgan fingerprint density at radius 3 is 1.55 bits per heavy atom. The highest BCUT2D eigenvalue weighted by Crippen LogP contribution is 2.80. The van der Waals surface area contributed by atoms with Gasteiger partial charge in [0.25, 0.3) is 0 Å². The quantitative estimate of drug-likeness (QED) is 0.152. The second-order valence-corrected chi connectivity index (χ2v) is 18.8. The second-order valence-electron chi connectivity index (χ2n) is 15.7. The van der Waals surface area contributed by atoms with Gasteiger partial charge in [0.15, 0.2) is 0 Å². The van der Waals surface area contributed by atoms with Crippen molar-refractivity contribution in [3.8, 4) is 11.1 Å². The van der Waals surface area contributed by atoms with Crippen molar-refractivity contribution in [2.45, 2.75) is 19.6 Å². The average Bonchev–Trinajstić information content (AvgIpc) is 3.86. The first-order chi connectivity index (χ1) is 30.8. The van der Waals surface area contributed by atoms with Gasteiger partial charge in [0.1, 0.15) is 11.2 Å². The number of benzene rings is 10. The number of nitrogens with zero attached hydrogens (tertiary/aromatic N) is 2. The van der Waals surface area contributed by atoms with Crippen LogP contribution in [0.15, 0.2) is 267 Å².